The van der Waals surface area contributed by atoms with Gasteiger partial charge in [0.15, 0.2) is 0 Å². The SMILES string of the molecule is CC(C)(C)c1ccc(OCC2CC=C(N)N2)cc1. The fourth-order valence-electron chi connectivity index (χ4n) is 1.98. The molecule has 0 aromatic heterocycles. The third kappa shape index (κ3) is 3.19. The summed E-state index contributed by atoms with van der Waals surface area (Å²) in [5.41, 5.74) is 7.16. The maximum Gasteiger partial charge on any atom is 0.119 e. The van der Waals surface area contributed by atoms with Crippen LogP contribution in [0.3, 0.4) is 0 Å². The molecule has 3 nitrogen and oxygen atoms in total. The van der Waals surface area contributed by atoms with E-state index >= 15 is 0 Å². The van der Waals surface area contributed by atoms with Crippen LogP contribution in [0.5, 0.6) is 5.75 Å². The van der Waals surface area contributed by atoms with Gasteiger partial charge in [0.25, 0.3) is 0 Å². The van der Waals surface area contributed by atoms with E-state index in [1.165, 1.54) is 5.56 Å². The first-order valence-corrected chi connectivity index (χ1v) is 6.40. The van der Waals surface area contributed by atoms with Gasteiger partial charge in [-0.15, -0.1) is 0 Å². The van der Waals surface area contributed by atoms with E-state index in [1.807, 2.05) is 18.2 Å². The lowest BCUT2D eigenvalue weighted by Crippen LogP contribution is -2.31. The molecular formula is C15H22N2O. The standard InChI is InChI=1S/C15H22N2O/c1-15(2,3)11-4-7-13(8-5-11)18-10-12-6-9-14(16)17-12/h4-5,7-9,12,17H,6,10,16H2,1-3H3. The van der Waals surface area contributed by atoms with Crippen LogP contribution in [0.1, 0.15) is 32.8 Å². The molecule has 0 radical (unpaired) electrons. The van der Waals surface area contributed by atoms with E-state index in [2.05, 4.69) is 38.2 Å². The Balaban J connectivity index is 1.87. The zero-order chi connectivity index (χ0) is 13.2. The molecule has 3 N–H and O–H groups in total. The van der Waals surface area contributed by atoms with E-state index in [0.29, 0.717) is 12.6 Å². The van der Waals surface area contributed by atoms with Gasteiger partial charge in [0.2, 0.25) is 0 Å². The van der Waals surface area contributed by atoms with Gasteiger partial charge in [-0.1, -0.05) is 32.9 Å². The van der Waals surface area contributed by atoms with E-state index in [4.69, 9.17) is 10.5 Å². The second-order valence-electron chi connectivity index (χ2n) is 5.82. The predicted octanol–water partition coefficient (Wildman–Crippen LogP) is 2.52. The number of ether oxygens (including phenoxy) is 1. The summed E-state index contributed by atoms with van der Waals surface area (Å²) in [6.45, 7) is 7.27. The molecule has 2 rings (SSSR count). The lowest BCUT2D eigenvalue weighted by Gasteiger charge is -2.19. The Bertz CT molecular complexity index is 429. The van der Waals surface area contributed by atoms with Crippen LogP contribution >= 0.6 is 0 Å². The van der Waals surface area contributed by atoms with Crippen LogP contribution in [0.25, 0.3) is 0 Å². The summed E-state index contributed by atoms with van der Waals surface area (Å²) in [5.74, 6) is 1.67. The molecule has 18 heavy (non-hydrogen) atoms. The average Bonchev–Trinajstić information content (AvgIpc) is 2.72. The molecule has 0 saturated heterocycles. The highest BCUT2D eigenvalue weighted by molar-refractivity contribution is 5.31. The van der Waals surface area contributed by atoms with E-state index in [0.717, 1.165) is 18.0 Å². The van der Waals surface area contributed by atoms with Gasteiger partial charge in [-0.3, -0.25) is 0 Å². The normalized spacial score (nSPS) is 19.3. The van der Waals surface area contributed by atoms with E-state index in [-0.39, 0.29) is 5.41 Å². The molecule has 1 aliphatic heterocycles. The molecule has 98 valence electrons. The summed E-state index contributed by atoms with van der Waals surface area (Å²) in [4.78, 5) is 0. The van der Waals surface area contributed by atoms with Crippen molar-refractivity contribution in [3.8, 4) is 5.75 Å². The molecule has 0 fully saturated rings. The van der Waals surface area contributed by atoms with Crippen LogP contribution in [0.15, 0.2) is 36.2 Å². The predicted molar refractivity (Wildman–Crippen MR) is 74.4 cm³/mol. The summed E-state index contributed by atoms with van der Waals surface area (Å²) < 4.78 is 5.75. The second kappa shape index (κ2) is 4.92. The van der Waals surface area contributed by atoms with Gasteiger partial charge in [0.1, 0.15) is 12.4 Å². The highest BCUT2D eigenvalue weighted by Gasteiger charge is 2.15. The molecule has 1 atom stereocenters. The van der Waals surface area contributed by atoms with Crippen LogP contribution in [0.4, 0.5) is 0 Å². The highest BCUT2D eigenvalue weighted by atomic mass is 16.5. The van der Waals surface area contributed by atoms with Crippen molar-refractivity contribution in [1.29, 1.82) is 0 Å². The smallest absolute Gasteiger partial charge is 0.119 e. The lowest BCUT2D eigenvalue weighted by atomic mass is 9.87. The van der Waals surface area contributed by atoms with Crippen molar-refractivity contribution in [2.45, 2.75) is 38.6 Å². The van der Waals surface area contributed by atoms with E-state index in [9.17, 15) is 0 Å². The second-order valence-corrected chi connectivity index (χ2v) is 5.82. The average molecular weight is 246 g/mol. The van der Waals surface area contributed by atoms with Gasteiger partial charge in [-0.05, 0) is 35.6 Å². The largest absolute Gasteiger partial charge is 0.491 e. The lowest BCUT2D eigenvalue weighted by molar-refractivity contribution is 0.278. The quantitative estimate of drug-likeness (QED) is 0.861. The van der Waals surface area contributed by atoms with Crippen LogP contribution < -0.4 is 15.8 Å². The minimum Gasteiger partial charge on any atom is -0.491 e. The van der Waals surface area contributed by atoms with Crippen molar-refractivity contribution in [1.82, 2.24) is 5.32 Å². The molecule has 0 spiro atoms. The summed E-state index contributed by atoms with van der Waals surface area (Å²) in [6, 6.07) is 8.62. The molecule has 1 aliphatic rings. The van der Waals surface area contributed by atoms with Crippen molar-refractivity contribution in [2.75, 3.05) is 6.61 Å². The fraction of sp³-hybridized carbons (Fsp3) is 0.467. The molecule has 1 aromatic carbocycles. The Morgan fingerprint density at radius 2 is 1.94 bits per heavy atom. The van der Waals surface area contributed by atoms with Crippen molar-refractivity contribution >= 4 is 0 Å². The number of hydrogen-bond acceptors (Lipinski definition) is 3. The minimum absolute atomic E-state index is 0.184. The van der Waals surface area contributed by atoms with Crippen LogP contribution in [0, 0.1) is 0 Å². The first kappa shape index (κ1) is 12.8. The Labute approximate surface area is 109 Å². The molecule has 0 amide bonds. The molecule has 1 unspecified atom stereocenters. The first-order valence-electron chi connectivity index (χ1n) is 6.40. The molecule has 3 heteroatoms. The van der Waals surface area contributed by atoms with Gasteiger partial charge >= 0.3 is 0 Å². The Morgan fingerprint density at radius 3 is 2.44 bits per heavy atom. The molecule has 0 saturated carbocycles. The van der Waals surface area contributed by atoms with Crippen LogP contribution in [-0.2, 0) is 5.41 Å². The third-order valence-corrected chi connectivity index (χ3v) is 3.16. The fourth-order valence-corrected chi connectivity index (χ4v) is 1.98. The highest BCUT2D eigenvalue weighted by Crippen LogP contribution is 2.24. The Kier molecular flexibility index (Phi) is 3.50. The summed E-state index contributed by atoms with van der Waals surface area (Å²) in [7, 11) is 0. The molecule has 1 heterocycles. The third-order valence-electron chi connectivity index (χ3n) is 3.16. The van der Waals surface area contributed by atoms with E-state index in [1.54, 1.807) is 0 Å². The van der Waals surface area contributed by atoms with Crippen LogP contribution in [-0.4, -0.2) is 12.6 Å². The summed E-state index contributed by atoms with van der Waals surface area (Å²) in [6.07, 6.45) is 2.93. The Morgan fingerprint density at radius 1 is 1.28 bits per heavy atom. The van der Waals surface area contributed by atoms with E-state index < -0.39 is 0 Å². The van der Waals surface area contributed by atoms with Gasteiger partial charge < -0.3 is 15.8 Å². The minimum atomic E-state index is 0.184. The monoisotopic (exact) mass is 246 g/mol. The molecule has 1 aromatic rings. The van der Waals surface area contributed by atoms with Gasteiger partial charge in [0, 0.05) is 0 Å². The number of nitrogens with two attached hydrogens (primary N) is 1. The number of nitrogens with one attached hydrogen (secondary N) is 1. The summed E-state index contributed by atoms with van der Waals surface area (Å²) in [5, 5.41) is 3.17. The maximum atomic E-state index is 5.75. The maximum absolute atomic E-state index is 5.75. The zero-order valence-electron chi connectivity index (χ0n) is 11.4. The topological polar surface area (TPSA) is 47.3 Å². The van der Waals surface area contributed by atoms with Gasteiger partial charge in [-0.25, -0.2) is 0 Å². The molecular weight excluding hydrogens is 224 g/mol. The summed E-state index contributed by atoms with van der Waals surface area (Å²) >= 11 is 0. The van der Waals surface area contributed by atoms with Gasteiger partial charge in [0.05, 0.1) is 11.9 Å². The molecule has 0 bridgehead atoms. The number of rotatable bonds is 3. The zero-order valence-corrected chi connectivity index (χ0v) is 11.4. The van der Waals surface area contributed by atoms with Crippen molar-refractivity contribution in [3.63, 3.8) is 0 Å². The first-order chi connectivity index (χ1) is 8.45. The van der Waals surface area contributed by atoms with Crippen molar-refractivity contribution < 1.29 is 4.74 Å². The molecule has 0 aliphatic carbocycles. The van der Waals surface area contributed by atoms with Gasteiger partial charge in [-0.2, -0.15) is 0 Å². The van der Waals surface area contributed by atoms with Crippen molar-refractivity contribution in [2.24, 2.45) is 5.73 Å². The van der Waals surface area contributed by atoms with Crippen molar-refractivity contribution in [3.05, 3.63) is 41.7 Å². The number of hydrogen-bond donors (Lipinski definition) is 2. The van der Waals surface area contributed by atoms with Crippen LogP contribution in [0.2, 0.25) is 0 Å². The number of benzene rings is 1. The Hall–Kier alpha value is -1.64.